The number of benzene rings is 1. The van der Waals surface area contributed by atoms with Crippen molar-refractivity contribution >= 4 is 17.5 Å². The molecule has 122 valence electrons. The van der Waals surface area contributed by atoms with Gasteiger partial charge >= 0.3 is 0 Å². The van der Waals surface area contributed by atoms with E-state index in [4.69, 9.17) is 4.42 Å². The lowest BCUT2D eigenvalue weighted by Gasteiger charge is -2.11. The lowest BCUT2D eigenvalue weighted by atomic mass is 10.1. The van der Waals surface area contributed by atoms with Gasteiger partial charge in [0.2, 0.25) is 5.91 Å². The van der Waals surface area contributed by atoms with E-state index in [-0.39, 0.29) is 24.8 Å². The third-order valence-electron chi connectivity index (χ3n) is 3.34. The van der Waals surface area contributed by atoms with Gasteiger partial charge in [-0.25, -0.2) is 0 Å². The molecule has 0 aliphatic carbocycles. The number of carbonyl (C=O) groups is 2. The molecule has 0 aliphatic rings. The SMILES string of the molecule is Cc1ccc(NCC(=O)NNC(=O)CCc2ccco2)c(C)c1. The highest BCUT2D eigenvalue weighted by Crippen LogP contribution is 2.15. The second-order valence-electron chi connectivity index (χ2n) is 5.35. The standard InChI is InChI=1S/C17H21N3O3/c1-12-5-7-15(13(2)10-12)18-11-17(22)20-19-16(21)8-6-14-4-3-9-23-14/h3-5,7,9-10,18H,6,8,11H2,1-2H3,(H,19,21)(H,20,22). The summed E-state index contributed by atoms with van der Waals surface area (Å²) in [4.78, 5) is 23.3. The van der Waals surface area contributed by atoms with Crippen molar-refractivity contribution in [1.29, 1.82) is 0 Å². The first-order chi connectivity index (χ1) is 11.0. The highest BCUT2D eigenvalue weighted by Gasteiger charge is 2.07. The maximum Gasteiger partial charge on any atom is 0.257 e. The van der Waals surface area contributed by atoms with Crippen molar-refractivity contribution < 1.29 is 14.0 Å². The van der Waals surface area contributed by atoms with E-state index >= 15 is 0 Å². The van der Waals surface area contributed by atoms with E-state index < -0.39 is 0 Å². The first-order valence-electron chi connectivity index (χ1n) is 7.46. The van der Waals surface area contributed by atoms with E-state index in [2.05, 4.69) is 16.2 Å². The molecule has 0 radical (unpaired) electrons. The van der Waals surface area contributed by atoms with Crippen LogP contribution in [0, 0.1) is 13.8 Å². The molecule has 0 atom stereocenters. The minimum Gasteiger partial charge on any atom is -0.469 e. The highest BCUT2D eigenvalue weighted by molar-refractivity contribution is 5.84. The van der Waals surface area contributed by atoms with Crippen LogP contribution < -0.4 is 16.2 Å². The molecule has 6 nitrogen and oxygen atoms in total. The Kier molecular flexibility index (Phi) is 5.80. The van der Waals surface area contributed by atoms with Gasteiger partial charge in [-0.15, -0.1) is 0 Å². The van der Waals surface area contributed by atoms with Gasteiger partial charge in [0.1, 0.15) is 5.76 Å². The lowest BCUT2D eigenvalue weighted by molar-refractivity contribution is -0.128. The molecule has 0 aliphatic heterocycles. The van der Waals surface area contributed by atoms with Crippen LogP contribution in [0.1, 0.15) is 23.3 Å². The first kappa shape index (κ1) is 16.6. The van der Waals surface area contributed by atoms with E-state index in [1.54, 1.807) is 18.4 Å². The van der Waals surface area contributed by atoms with Crippen LogP contribution in [0.3, 0.4) is 0 Å². The summed E-state index contributed by atoms with van der Waals surface area (Å²) in [5, 5.41) is 3.04. The smallest absolute Gasteiger partial charge is 0.257 e. The van der Waals surface area contributed by atoms with Gasteiger partial charge in [0.25, 0.3) is 5.91 Å². The van der Waals surface area contributed by atoms with Crippen LogP contribution in [-0.2, 0) is 16.0 Å². The minimum atomic E-state index is -0.309. The van der Waals surface area contributed by atoms with Crippen molar-refractivity contribution in [1.82, 2.24) is 10.9 Å². The molecule has 0 bridgehead atoms. The lowest BCUT2D eigenvalue weighted by Crippen LogP contribution is -2.44. The van der Waals surface area contributed by atoms with Crippen LogP contribution in [0.15, 0.2) is 41.0 Å². The Bertz CT molecular complexity index is 666. The molecule has 0 saturated carbocycles. The third kappa shape index (κ3) is 5.50. The Balaban J connectivity index is 1.67. The molecular formula is C17H21N3O3. The Labute approximate surface area is 135 Å². The number of rotatable bonds is 6. The monoisotopic (exact) mass is 315 g/mol. The summed E-state index contributed by atoms with van der Waals surface area (Å²) in [5.41, 5.74) is 7.90. The number of anilines is 1. The summed E-state index contributed by atoms with van der Waals surface area (Å²) in [6.45, 7) is 4.08. The van der Waals surface area contributed by atoms with Crippen molar-refractivity contribution in [2.24, 2.45) is 0 Å². The Hall–Kier alpha value is -2.76. The zero-order chi connectivity index (χ0) is 16.7. The molecular weight excluding hydrogens is 294 g/mol. The second kappa shape index (κ2) is 8.03. The van der Waals surface area contributed by atoms with Gasteiger partial charge in [0, 0.05) is 18.5 Å². The van der Waals surface area contributed by atoms with Gasteiger partial charge in [-0.05, 0) is 37.6 Å². The third-order valence-corrected chi connectivity index (χ3v) is 3.34. The summed E-state index contributed by atoms with van der Waals surface area (Å²) in [5.74, 6) is 0.167. The van der Waals surface area contributed by atoms with Crippen LogP contribution >= 0.6 is 0 Å². The molecule has 2 rings (SSSR count). The fraction of sp³-hybridized carbons (Fsp3) is 0.294. The van der Waals surface area contributed by atoms with Gasteiger partial charge in [-0.1, -0.05) is 17.7 Å². The number of furan rings is 1. The van der Waals surface area contributed by atoms with Gasteiger partial charge in [-0.3, -0.25) is 20.4 Å². The van der Waals surface area contributed by atoms with E-state index in [1.807, 2.05) is 32.0 Å². The number of aryl methyl sites for hydroxylation is 3. The van der Waals surface area contributed by atoms with Crippen LogP contribution in [0.25, 0.3) is 0 Å². The molecule has 0 unspecified atom stereocenters. The summed E-state index contributed by atoms with van der Waals surface area (Å²) in [6.07, 6.45) is 2.31. The molecule has 2 aromatic rings. The van der Waals surface area contributed by atoms with E-state index in [0.29, 0.717) is 6.42 Å². The van der Waals surface area contributed by atoms with Crippen molar-refractivity contribution in [2.75, 3.05) is 11.9 Å². The van der Waals surface area contributed by atoms with Crippen molar-refractivity contribution in [2.45, 2.75) is 26.7 Å². The van der Waals surface area contributed by atoms with Crippen molar-refractivity contribution in [3.05, 3.63) is 53.5 Å². The average Bonchev–Trinajstić information content (AvgIpc) is 3.03. The molecule has 0 spiro atoms. The molecule has 0 fully saturated rings. The van der Waals surface area contributed by atoms with Gasteiger partial charge < -0.3 is 9.73 Å². The highest BCUT2D eigenvalue weighted by atomic mass is 16.3. The molecule has 1 aromatic carbocycles. The number of hydrogen-bond acceptors (Lipinski definition) is 4. The van der Waals surface area contributed by atoms with Gasteiger partial charge in [0.05, 0.1) is 12.8 Å². The maximum absolute atomic E-state index is 11.7. The topological polar surface area (TPSA) is 83.4 Å². The molecule has 23 heavy (non-hydrogen) atoms. The zero-order valence-electron chi connectivity index (χ0n) is 13.3. The number of hydrogen-bond donors (Lipinski definition) is 3. The Morgan fingerprint density at radius 1 is 1.09 bits per heavy atom. The molecule has 3 N–H and O–H groups in total. The van der Waals surface area contributed by atoms with Gasteiger partial charge in [-0.2, -0.15) is 0 Å². The fourth-order valence-electron chi connectivity index (χ4n) is 2.13. The molecule has 1 aromatic heterocycles. The zero-order valence-corrected chi connectivity index (χ0v) is 13.3. The maximum atomic E-state index is 11.7. The van der Waals surface area contributed by atoms with Crippen LogP contribution in [0.2, 0.25) is 0 Å². The summed E-state index contributed by atoms with van der Waals surface area (Å²) >= 11 is 0. The Morgan fingerprint density at radius 2 is 1.87 bits per heavy atom. The predicted octanol–water partition coefficient (Wildman–Crippen LogP) is 2.09. The summed E-state index contributed by atoms with van der Waals surface area (Å²) in [6, 6.07) is 9.52. The van der Waals surface area contributed by atoms with Gasteiger partial charge in [0.15, 0.2) is 0 Å². The Morgan fingerprint density at radius 3 is 2.57 bits per heavy atom. The van der Waals surface area contributed by atoms with E-state index in [9.17, 15) is 9.59 Å². The van der Waals surface area contributed by atoms with Crippen molar-refractivity contribution in [3.8, 4) is 0 Å². The normalized spacial score (nSPS) is 10.2. The summed E-state index contributed by atoms with van der Waals surface area (Å²) in [7, 11) is 0. The molecule has 0 saturated heterocycles. The molecule has 6 heteroatoms. The van der Waals surface area contributed by atoms with Crippen LogP contribution in [0.4, 0.5) is 5.69 Å². The van der Waals surface area contributed by atoms with Crippen LogP contribution in [0.5, 0.6) is 0 Å². The van der Waals surface area contributed by atoms with E-state index in [0.717, 1.165) is 17.0 Å². The first-order valence-corrected chi connectivity index (χ1v) is 7.46. The number of hydrazine groups is 1. The largest absolute Gasteiger partial charge is 0.469 e. The number of amides is 2. The summed E-state index contributed by atoms with van der Waals surface area (Å²) < 4.78 is 5.14. The predicted molar refractivity (Wildman–Crippen MR) is 87.7 cm³/mol. The number of nitrogens with one attached hydrogen (secondary N) is 3. The molecule has 1 heterocycles. The quantitative estimate of drug-likeness (QED) is 0.713. The number of carbonyl (C=O) groups excluding carboxylic acids is 2. The average molecular weight is 315 g/mol. The van der Waals surface area contributed by atoms with E-state index in [1.165, 1.54) is 5.56 Å². The fourth-order valence-corrected chi connectivity index (χ4v) is 2.13. The van der Waals surface area contributed by atoms with Crippen LogP contribution in [-0.4, -0.2) is 18.4 Å². The molecule has 2 amide bonds. The minimum absolute atomic E-state index is 0.0857. The second-order valence-corrected chi connectivity index (χ2v) is 5.35. The van der Waals surface area contributed by atoms with Crippen molar-refractivity contribution in [3.63, 3.8) is 0 Å².